The quantitative estimate of drug-likeness (QED) is 0.733. The van der Waals surface area contributed by atoms with Crippen LogP contribution in [0, 0.1) is 0 Å². The van der Waals surface area contributed by atoms with E-state index < -0.39 is 10.0 Å². The Labute approximate surface area is 111 Å². The van der Waals surface area contributed by atoms with Crippen LogP contribution in [-0.4, -0.2) is 14.2 Å². The van der Waals surface area contributed by atoms with E-state index in [1.54, 1.807) is 0 Å². The molecule has 4 heteroatoms. The van der Waals surface area contributed by atoms with E-state index in [4.69, 9.17) is 0 Å². The summed E-state index contributed by atoms with van der Waals surface area (Å²) in [6, 6.07) is 7.68. The predicted octanol–water partition coefficient (Wildman–Crippen LogP) is 3.57. The van der Waals surface area contributed by atoms with E-state index in [0.717, 1.165) is 6.42 Å². The molecule has 0 spiro atoms. The maximum atomic E-state index is 11.6. The Hall–Kier alpha value is -1.03. The number of aryl methyl sites for hydroxylation is 1. The summed E-state index contributed by atoms with van der Waals surface area (Å²) in [6.07, 6.45) is 5.34. The molecule has 0 aromatic heterocycles. The van der Waals surface area contributed by atoms with Gasteiger partial charge in [-0.05, 0) is 37.0 Å². The number of nitrogens with one attached hydrogen (secondary N) is 1. The predicted molar refractivity (Wildman–Crippen MR) is 77.4 cm³/mol. The minimum Gasteiger partial charge on any atom is -0.284 e. The Morgan fingerprint density at radius 1 is 1.00 bits per heavy atom. The van der Waals surface area contributed by atoms with Gasteiger partial charge in [-0.3, -0.25) is 4.72 Å². The first-order chi connectivity index (χ1) is 8.57. The van der Waals surface area contributed by atoms with Crippen molar-refractivity contribution in [1.29, 1.82) is 0 Å². The highest BCUT2D eigenvalue weighted by Gasteiger charge is 2.08. The summed E-state index contributed by atoms with van der Waals surface area (Å²) in [5.74, 6) is 0.172. The molecule has 0 aliphatic heterocycles. The van der Waals surface area contributed by atoms with Crippen molar-refractivity contribution in [3.8, 4) is 0 Å². The maximum Gasteiger partial charge on any atom is 0.232 e. The number of benzene rings is 1. The third-order valence-electron chi connectivity index (χ3n) is 2.77. The summed E-state index contributed by atoms with van der Waals surface area (Å²) in [5.41, 5.74) is 1.92. The first kappa shape index (κ1) is 15.0. The van der Waals surface area contributed by atoms with Crippen LogP contribution in [0.2, 0.25) is 0 Å². The fourth-order valence-electron chi connectivity index (χ4n) is 1.82. The molecule has 1 aromatic rings. The Morgan fingerprint density at radius 3 is 2.22 bits per heavy atom. The molecule has 0 saturated heterocycles. The molecule has 1 N–H and O–H groups in total. The minimum atomic E-state index is -3.17. The number of rotatable bonds is 8. The molecule has 102 valence electrons. The van der Waals surface area contributed by atoms with Gasteiger partial charge in [0.15, 0.2) is 0 Å². The molecule has 1 aromatic carbocycles. The van der Waals surface area contributed by atoms with Crippen molar-refractivity contribution in [2.45, 2.75) is 46.0 Å². The average molecular weight is 269 g/mol. The molecule has 0 aliphatic carbocycles. The van der Waals surface area contributed by atoms with E-state index in [2.05, 4.69) is 11.6 Å². The smallest absolute Gasteiger partial charge is 0.232 e. The fraction of sp³-hybridized carbons (Fsp3) is 0.571. The zero-order valence-electron chi connectivity index (χ0n) is 11.3. The van der Waals surface area contributed by atoms with Crippen LogP contribution >= 0.6 is 0 Å². The van der Waals surface area contributed by atoms with Crippen LogP contribution in [0.1, 0.15) is 45.1 Å². The van der Waals surface area contributed by atoms with Gasteiger partial charge in [0.1, 0.15) is 0 Å². The second kappa shape index (κ2) is 7.41. The molecule has 0 amide bonds. The van der Waals surface area contributed by atoms with Gasteiger partial charge in [0.2, 0.25) is 10.0 Å². The molecule has 0 fully saturated rings. The molecule has 0 bridgehead atoms. The molecular weight excluding hydrogens is 246 g/mol. The Morgan fingerprint density at radius 2 is 1.67 bits per heavy atom. The van der Waals surface area contributed by atoms with Crippen molar-refractivity contribution in [2.75, 3.05) is 10.5 Å². The van der Waals surface area contributed by atoms with Gasteiger partial charge in [0.25, 0.3) is 0 Å². The first-order valence-corrected chi connectivity index (χ1v) is 8.32. The third kappa shape index (κ3) is 5.54. The average Bonchev–Trinajstić information content (AvgIpc) is 2.31. The van der Waals surface area contributed by atoms with Crippen LogP contribution in [-0.2, 0) is 16.4 Å². The van der Waals surface area contributed by atoms with E-state index in [1.165, 1.54) is 24.8 Å². The molecule has 0 aliphatic rings. The molecule has 3 nitrogen and oxygen atoms in total. The van der Waals surface area contributed by atoms with Gasteiger partial charge in [-0.25, -0.2) is 8.42 Å². The van der Waals surface area contributed by atoms with E-state index in [-0.39, 0.29) is 5.75 Å². The van der Waals surface area contributed by atoms with Gasteiger partial charge in [-0.1, -0.05) is 38.8 Å². The topological polar surface area (TPSA) is 46.2 Å². The Kier molecular flexibility index (Phi) is 6.19. The van der Waals surface area contributed by atoms with Crippen molar-refractivity contribution >= 4 is 15.7 Å². The normalized spacial score (nSPS) is 11.4. The van der Waals surface area contributed by atoms with Gasteiger partial charge >= 0.3 is 0 Å². The molecule has 18 heavy (non-hydrogen) atoms. The molecule has 0 unspecified atom stereocenters. The van der Waals surface area contributed by atoms with Crippen LogP contribution in [0.4, 0.5) is 5.69 Å². The van der Waals surface area contributed by atoms with Gasteiger partial charge in [-0.15, -0.1) is 0 Å². The van der Waals surface area contributed by atoms with Gasteiger partial charge in [0.05, 0.1) is 5.75 Å². The van der Waals surface area contributed by atoms with E-state index >= 15 is 0 Å². The second-order valence-corrected chi connectivity index (χ2v) is 6.42. The summed E-state index contributed by atoms with van der Waals surface area (Å²) in [6.45, 7) is 4.04. The van der Waals surface area contributed by atoms with Crippen LogP contribution in [0.3, 0.4) is 0 Å². The van der Waals surface area contributed by atoms with Crippen molar-refractivity contribution < 1.29 is 8.42 Å². The number of hydrogen-bond acceptors (Lipinski definition) is 2. The number of anilines is 1. The van der Waals surface area contributed by atoms with Crippen molar-refractivity contribution in [3.63, 3.8) is 0 Å². The van der Waals surface area contributed by atoms with E-state index in [0.29, 0.717) is 12.1 Å². The van der Waals surface area contributed by atoms with E-state index in [1.807, 2.05) is 31.2 Å². The lowest BCUT2D eigenvalue weighted by molar-refractivity contribution is 0.600. The lowest BCUT2D eigenvalue weighted by Crippen LogP contribution is -2.15. The second-order valence-electron chi connectivity index (χ2n) is 4.57. The highest BCUT2D eigenvalue weighted by molar-refractivity contribution is 7.92. The summed E-state index contributed by atoms with van der Waals surface area (Å²) >= 11 is 0. The lowest BCUT2D eigenvalue weighted by Gasteiger charge is -2.07. The van der Waals surface area contributed by atoms with Crippen molar-refractivity contribution in [1.82, 2.24) is 0 Å². The lowest BCUT2D eigenvalue weighted by atomic mass is 10.1. The highest BCUT2D eigenvalue weighted by Crippen LogP contribution is 2.13. The van der Waals surface area contributed by atoms with Crippen LogP contribution in [0.15, 0.2) is 24.3 Å². The molecule has 0 heterocycles. The van der Waals surface area contributed by atoms with Gasteiger partial charge in [-0.2, -0.15) is 0 Å². The monoisotopic (exact) mass is 269 g/mol. The van der Waals surface area contributed by atoms with Crippen LogP contribution < -0.4 is 4.72 Å². The zero-order chi connectivity index (χ0) is 13.4. The van der Waals surface area contributed by atoms with Crippen LogP contribution in [0.5, 0.6) is 0 Å². The summed E-state index contributed by atoms with van der Waals surface area (Å²) in [5, 5.41) is 0. The fourth-order valence-corrected chi connectivity index (χ4v) is 2.95. The largest absolute Gasteiger partial charge is 0.284 e. The Balaban J connectivity index is 2.55. The van der Waals surface area contributed by atoms with E-state index in [9.17, 15) is 8.42 Å². The third-order valence-corrected chi connectivity index (χ3v) is 4.26. The number of unbranched alkanes of at least 4 members (excludes halogenated alkanes) is 2. The Bertz CT molecular complexity index is 437. The van der Waals surface area contributed by atoms with Gasteiger partial charge in [0, 0.05) is 5.69 Å². The first-order valence-electron chi connectivity index (χ1n) is 6.67. The van der Waals surface area contributed by atoms with Crippen LogP contribution in [0.25, 0.3) is 0 Å². The highest BCUT2D eigenvalue weighted by atomic mass is 32.2. The number of hydrogen-bond donors (Lipinski definition) is 1. The molecule has 0 saturated carbocycles. The molecule has 0 atom stereocenters. The maximum absolute atomic E-state index is 11.6. The van der Waals surface area contributed by atoms with Gasteiger partial charge < -0.3 is 0 Å². The molecule has 0 radical (unpaired) electrons. The SMILES string of the molecule is CCCCCc1ccc(NS(=O)(=O)CCC)cc1. The molecular formula is C14H23NO2S. The number of sulfonamides is 1. The summed E-state index contributed by atoms with van der Waals surface area (Å²) in [4.78, 5) is 0. The van der Waals surface area contributed by atoms with Crippen molar-refractivity contribution in [3.05, 3.63) is 29.8 Å². The summed E-state index contributed by atoms with van der Waals surface area (Å²) < 4.78 is 25.8. The minimum absolute atomic E-state index is 0.172. The molecule has 1 rings (SSSR count). The van der Waals surface area contributed by atoms with Crippen molar-refractivity contribution in [2.24, 2.45) is 0 Å². The zero-order valence-corrected chi connectivity index (χ0v) is 12.1. The summed E-state index contributed by atoms with van der Waals surface area (Å²) in [7, 11) is -3.17. The standard InChI is InChI=1S/C14H23NO2S/c1-3-5-6-7-13-8-10-14(11-9-13)15-18(16,17)12-4-2/h8-11,15H,3-7,12H2,1-2H3.